The van der Waals surface area contributed by atoms with E-state index in [0.29, 0.717) is 39.0 Å². The van der Waals surface area contributed by atoms with E-state index in [4.69, 9.17) is 4.74 Å². The molecule has 43 heavy (non-hydrogen) atoms. The van der Waals surface area contributed by atoms with Crippen LogP contribution in [0.1, 0.15) is 42.7 Å². The number of aromatic nitrogens is 3. The largest absolute Gasteiger partial charge is 0.492 e. The SMILES string of the molecule is Cc1cccc(C[C@H]2NCCOc3ccccc3CCCNC(=O)[C@H](Cn3nncc3C)NC(=O)[C@@H](C(C)C)NC2=O)c1. The molecule has 0 spiro atoms. The molecule has 2 aromatic carbocycles. The van der Waals surface area contributed by atoms with Gasteiger partial charge >= 0.3 is 0 Å². The van der Waals surface area contributed by atoms with Crippen molar-refractivity contribution in [3.05, 3.63) is 77.1 Å². The van der Waals surface area contributed by atoms with E-state index in [1.165, 1.54) is 0 Å². The van der Waals surface area contributed by atoms with Crippen LogP contribution in [0.15, 0.2) is 54.7 Å². The zero-order chi connectivity index (χ0) is 30.8. The van der Waals surface area contributed by atoms with Gasteiger partial charge in [0.1, 0.15) is 24.4 Å². The van der Waals surface area contributed by atoms with Gasteiger partial charge in [-0.05, 0) is 56.2 Å². The summed E-state index contributed by atoms with van der Waals surface area (Å²) in [5.41, 5.74) is 3.91. The molecule has 3 atom stereocenters. The van der Waals surface area contributed by atoms with Gasteiger partial charge in [-0.3, -0.25) is 14.4 Å². The van der Waals surface area contributed by atoms with Gasteiger partial charge in [0.05, 0.1) is 24.5 Å². The third kappa shape index (κ3) is 9.12. The fraction of sp³-hybridized carbons (Fsp3) is 0.469. The number of carbonyl (C=O) groups is 3. The topological polar surface area (TPSA) is 139 Å². The molecule has 230 valence electrons. The summed E-state index contributed by atoms with van der Waals surface area (Å²) in [5.74, 6) is -0.519. The minimum Gasteiger partial charge on any atom is -0.492 e. The van der Waals surface area contributed by atoms with Gasteiger partial charge in [0.15, 0.2) is 0 Å². The normalized spacial score (nSPS) is 21.0. The van der Waals surface area contributed by atoms with Crippen molar-refractivity contribution in [1.29, 1.82) is 0 Å². The van der Waals surface area contributed by atoms with Gasteiger partial charge in [-0.1, -0.05) is 67.1 Å². The van der Waals surface area contributed by atoms with E-state index in [1.54, 1.807) is 10.9 Å². The molecule has 1 aliphatic rings. The third-order valence-electron chi connectivity index (χ3n) is 7.53. The van der Waals surface area contributed by atoms with E-state index in [2.05, 4.69) is 37.6 Å². The molecule has 0 unspecified atom stereocenters. The number of para-hydroxylation sites is 1. The van der Waals surface area contributed by atoms with E-state index < -0.39 is 24.0 Å². The number of hydrogen-bond donors (Lipinski definition) is 4. The molecule has 2 heterocycles. The second-order valence-electron chi connectivity index (χ2n) is 11.4. The van der Waals surface area contributed by atoms with Crippen molar-refractivity contribution in [2.24, 2.45) is 5.92 Å². The Morgan fingerprint density at radius 3 is 2.51 bits per heavy atom. The third-order valence-corrected chi connectivity index (χ3v) is 7.53. The average molecular weight is 590 g/mol. The molecular weight excluding hydrogens is 546 g/mol. The lowest BCUT2D eigenvalue weighted by atomic mass is 10.00. The van der Waals surface area contributed by atoms with Gasteiger partial charge in [-0.15, -0.1) is 5.10 Å². The quantitative estimate of drug-likeness (QED) is 0.356. The Morgan fingerprint density at radius 1 is 0.953 bits per heavy atom. The smallest absolute Gasteiger partial charge is 0.244 e. The Balaban J connectivity index is 1.60. The number of fused-ring (bicyclic) bond motifs is 1. The van der Waals surface area contributed by atoms with Crippen LogP contribution in [-0.4, -0.2) is 70.5 Å². The van der Waals surface area contributed by atoms with Crippen LogP contribution in [0, 0.1) is 19.8 Å². The number of benzene rings is 2. The molecule has 0 radical (unpaired) electrons. The summed E-state index contributed by atoms with van der Waals surface area (Å²) >= 11 is 0. The Hall–Kier alpha value is -4.25. The van der Waals surface area contributed by atoms with Gasteiger partial charge < -0.3 is 26.0 Å². The minimum absolute atomic E-state index is 0.108. The molecule has 4 rings (SSSR count). The number of nitrogens with one attached hydrogen (secondary N) is 4. The van der Waals surface area contributed by atoms with Gasteiger partial charge in [0, 0.05) is 13.1 Å². The second kappa shape index (κ2) is 15.3. The maximum atomic E-state index is 13.7. The maximum Gasteiger partial charge on any atom is 0.244 e. The molecule has 0 bridgehead atoms. The average Bonchev–Trinajstić information content (AvgIpc) is 3.38. The molecular formula is C32H43N7O4. The summed E-state index contributed by atoms with van der Waals surface area (Å²) in [5, 5.41) is 20.1. The van der Waals surface area contributed by atoms with Crippen molar-refractivity contribution in [3.8, 4) is 5.75 Å². The van der Waals surface area contributed by atoms with Crippen LogP contribution in [0.25, 0.3) is 0 Å². The van der Waals surface area contributed by atoms with Crippen LogP contribution < -0.4 is 26.0 Å². The van der Waals surface area contributed by atoms with Gasteiger partial charge in [0.25, 0.3) is 0 Å². The zero-order valence-corrected chi connectivity index (χ0v) is 25.4. The standard InChI is InChI=1S/C32H43N7O4/c1-21(2)29-32(42)36-27(20-39-23(4)19-35-38-39)30(40)34-14-8-12-25-11-5-6-13-28(25)43-16-15-33-26(31(41)37-29)18-24-10-7-9-22(3)17-24/h5-7,9-11,13,17,19,21,26-27,29,33H,8,12,14-16,18,20H2,1-4H3,(H,34,40)(H,36,42)(H,37,41)/t26-,27+,29-/m1/s1. The van der Waals surface area contributed by atoms with Crippen molar-refractivity contribution in [1.82, 2.24) is 36.3 Å². The fourth-order valence-electron chi connectivity index (χ4n) is 5.10. The molecule has 1 aromatic heterocycles. The molecule has 3 amide bonds. The lowest BCUT2D eigenvalue weighted by Gasteiger charge is -2.27. The van der Waals surface area contributed by atoms with E-state index in [-0.39, 0.29) is 24.3 Å². The fourth-order valence-corrected chi connectivity index (χ4v) is 5.10. The summed E-state index contributed by atoms with van der Waals surface area (Å²) in [4.78, 5) is 40.7. The van der Waals surface area contributed by atoms with E-state index >= 15 is 0 Å². The molecule has 3 aromatic rings. The van der Waals surface area contributed by atoms with E-state index in [9.17, 15) is 14.4 Å². The van der Waals surface area contributed by atoms with Crippen molar-refractivity contribution < 1.29 is 19.1 Å². The van der Waals surface area contributed by atoms with E-state index in [0.717, 1.165) is 28.1 Å². The molecule has 0 saturated carbocycles. The molecule has 11 nitrogen and oxygen atoms in total. The first-order valence-electron chi connectivity index (χ1n) is 14.9. The number of amides is 3. The zero-order valence-electron chi connectivity index (χ0n) is 25.4. The molecule has 0 saturated heterocycles. The second-order valence-corrected chi connectivity index (χ2v) is 11.4. The molecule has 1 aliphatic heterocycles. The highest BCUT2D eigenvalue weighted by molar-refractivity contribution is 5.93. The Morgan fingerprint density at radius 2 is 1.77 bits per heavy atom. The predicted molar refractivity (Wildman–Crippen MR) is 163 cm³/mol. The van der Waals surface area contributed by atoms with Crippen LogP contribution in [0.3, 0.4) is 0 Å². The first-order valence-corrected chi connectivity index (χ1v) is 14.9. The first-order chi connectivity index (χ1) is 20.7. The summed E-state index contributed by atoms with van der Waals surface area (Å²) in [6, 6.07) is 13.5. The van der Waals surface area contributed by atoms with E-state index in [1.807, 2.05) is 70.2 Å². The highest BCUT2D eigenvalue weighted by atomic mass is 16.5. The highest BCUT2D eigenvalue weighted by Gasteiger charge is 2.31. The van der Waals surface area contributed by atoms with Crippen molar-refractivity contribution in [3.63, 3.8) is 0 Å². The van der Waals surface area contributed by atoms with Crippen LogP contribution >= 0.6 is 0 Å². The number of hydrogen-bond acceptors (Lipinski definition) is 7. The molecule has 11 heteroatoms. The van der Waals surface area contributed by atoms with Crippen molar-refractivity contribution >= 4 is 17.7 Å². The summed E-state index contributed by atoms with van der Waals surface area (Å²) < 4.78 is 7.69. The Bertz CT molecular complexity index is 1390. The van der Waals surface area contributed by atoms with Crippen LogP contribution in [0.2, 0.25) is 0 Å². The van der Waals surface area contributed by atoms with Gasteiger partial charge in [-0.2, -0.15) is 0 Å². The number of carbonyl (C=O) groups excluding carboxylic acids is 3. The Kier molecular flexibility index (Phi) is 11.3. The van der Waals surface area contributed by atoms with Crippen LogP contribution in [-0.2, 0) is 33.8 Å². The number of ether oxygens (including phenoxy) is 1. The highest BCUT2D eigenvalue weighted by Crippen LogP contribution is 2.19. The maximum absolute atomic E-state index is 13.7. The summed E-state index contributed by atoms with van der Waals surface area (Å²) in [7, 11) is 0. The number of nitrogens with zero attached hydrogens (tertiary/aromatic N) is 3. The predicted octanol–water partition coefficient (Wildman–Crippen LogP) is 1.86. The minimum atomic E-state index is -0.915. The lowest BCUT2D eigenvalue weighted by Crippen LogP contribution is -2.59. The molecule has 0 fully saturated rings. The molecule has 0 aliphatic carbocycles. The van der Waals surface area contributed by atoms with Crippen molar-refractivity contribution in [2.75, 3.05) is 19.7 Å². The monoisotopic (exact) mass is 589 g/mol. The first kappa shape index (κ1) is 31.7. The van der Waals surface area contributed by atoms with Gasteiger partial charge in [-0.25, -0.2) is 4.68 Å². The summed E-state index contributed by atoms with van der Waals surface area (Å²) in [6.45, 7) is 8.90. The number of rotatable bonds is 5. The van der Waals surface area contributed by atoms with Gasteiger partial charge in [0.2, 0.25) is 17.7 Å². The molecule has 4 N–H and O–H groups in total. The Labute approximate surface area is 253 Å². The van der Waals surface area contributed by atoms with Crippen LogP contribution in [0.4, 0.5) is 0 Å². The van der Waals surface area contributed by atoms with Crippen LogP contribution in [0.5, 0.6) is 5.75 Å². The van der Waals surface area contributed by atoms with Crippen molar-refractivity contribution in [2.45, 2.75) is 71.6 Å². The lowest BCUT2D eigenvalue weighted by molar-refractivity contribution is -0.133. The number of aryl methyl sites for hydroxylation is 3. The summed E-state index contributed by atoms with van der Waals surface area (Å²) in [6.07, 6.45) is 3.43.